The molecule has 26 heavy (non-hydrogen) atoms. The summed E-state index contributed by atoms with van der Waals surface area (Å²) in [5.41, 5.74) is -0.835. The highest BCUT2D eigenvalue weighted by molar-refractivity contribution is 6.32. The molecule has 2 amide bonds. The largest absolute Gasteiger partial charge is 0.458 e. The maximum atomic E-state index is 12.4. The lowest BCUT2D eigenvalue weighted by molar-refractivity contribution is -0.160. The fourth-order valence-corrected chi connectivity index (χ4v) is 2.20. The lowest BCUT2D eigenvalue weighted by atomic mass is 10.1. The Morgan fingerprint density at radius 3 is 2.08 bits per heavy atom. The first-order valence-electron chi connectivity index (χ1n) is 8.02. The van der Waals surface area contributed by atoms with E-state index >= 15 is 0 Å². The van der Waals surface area contributed by atoms with Crippen LogP contribution in [0.25, 0.3) is 0 Å². The summed E-state index contributed by atoms with van der Waals surface area (Å²) >= 11 is 11.6. The topological polar surface area (TPSA) is 89.5 Å². The Kier molecular flexibility index (Phi) is 7.68. The second-order valence-corrected chi connectivity index (χ2v) is 8.38. The zero-order valence-electron chi connectivity index (χ0n) is 15.8. The minimum Gasteiger partial charge on any atom is -0.458 e. The van der Waals surface area contributed by atoms with Gasteiger partial charge in [0.15, 0.2) is 6.04 Å². The zero-order chi connectivity index (χ0) is 20.1. The van der Waals surface area contributed by atoms with Crippen molar-refractivity contribution >= 4 is 40.9 Å². The number of esters is 1. The highest BCUT2D eigenvalue weighted by atomic mass is 35.5. The van der Waals surface area contributed by atoms with E-state index in [0.29, 0.717) is 5.69 Å². The summed E-state index contributed by atoms with van der Waals surface area (Å²) in [7, 11) is 0. The molecular formula is C17H25Cl2N3O4. The summed E-state index contributed by atoms with van der Waals surface area (Å²) < 4.78 is 11.0. The number of amides is 2. The zero-order valence-corrected chi connectivity index (χ0v) is 17.3. The van der Waals surface area contributed by atoms with E-state index in [1.54, 1.807) is 20.8 Å². The van der Waals surface area contributed by atoms with E-state index in [9.17, 15) is 9.59 Å². The number of carbonyl (C=O) groups excluding carboxylic acids is 2. The molecule has 0 aliphatic rings. The van der Waals surface area contributed by atoms with Crippen LogP contribution in [0, 0.1) is 0 Å². The number of hydrogen-bond acceptors (Lipinski definition) is 5. The Bertz CT molecular complexity index is 634. The van der Waals surface area contributed by atoms with Crippen LogP contribution in [0.4, 0.5) is 10.5 Å². The third kappa shape index (κ3) is 9.22. The standard InChI is InChI=1S/C17H25Cl2N3O4/c1-16(2,3)25-9-11(14(23)26-17(4,5)6)21-15(24)20-10-7-12(18)22-13(19)8-10/h7-8,11H,9H2,1-6H3,(H2,20,21,22,24). The van der Waals surface area contributed by atoms with E-state index in [4.69, 9.17) is 32.7 Å². The van der Waals surface area contributed by atoms with Crippen LogP contribution in [0.5, 0.6) is 0 Å². The molecular weight excluding hydrogens is 381 g/mol. The number of nitrogens with zero attached hydrogens (tertiary/aromatic N) is 1. The second kappa shape index (κ2) is 8.88. The van der Waals surface area contributed by atoms with Crippen LogP contribution < -0.4 is 10.6 Å². The molecule has 0 saturated carbocycles. The molecule has 0 fully saturated rings. The van der Waals surface area contributed by atoms with Crippen molar-refractivity contribution in [1.29, 1.82) is 0 Å². The molecule has 1 aromatic rings. The molecule has 0 radical (unpaired) electrons. The molecule has 0 aliphatic carbocycles. The van der Waals surface area contributed by atoms with Gasteiger partial charge in [0.2, 0.25) is 0 Å². The molecule has 146 valence electrons. The average molecular weight is 406 g/mol. The Balaban J connectivity index is 2.82. The van der Waals surface area contributed by atoms with E-state index in [0.717, 1.165) is 0 Å². The first-order chi connectivity index (χ1) is 11.7. The van der Waals surface area contributed by atoms with E-state index in [-0.39, 0.29) is 16.9 Å². The van der Waals surface area contributed by atoms with Gasteiger partial charge in [0.25, 0.3) is 0 Å². The Hall–Kier alpha value is -1.57. The number of halogens is 2. The number of nitrogens with one attached hydrogen (secondary N) is 2. The number of aromatic nitrogens is 1. The fraction of sp³-hybridized carbons (Fsp3) is 0.588. The van der Waals surface area contributed by atoms with E-state index in [1.807, 2.05) is 20.8 Å². The molecule has 7 nitrogen and oxygen atoms in total. The van der Waals surface area contributed by atoms with Crippen molar-refractivity contribution in [2.45, 2.75) is 58.8 Å². The van der Waals surface area contributed by atoms with E-state index < -0.39 is 29.2 Å². The van der Waals surface area contributed by atoms with Gasteiger partial charge in [-0.15, -0.1) is 0 Å². The van der Waals surface area contributed by atoms with Gasteiger partial charge in [-0.1, -0.05) is 23.2 Å². The third-order valence-corrected chi connectivity index (χ3v) is 3.09. The van der Waals surface area contributed by atoms with Crippen LogP contribution in [-0.4, -0.2) is 40.8 Å². The summed E-state index contributed by atoms with van der Waals surface area (Å²) in [6, 6.07) is 1.25. The summed E-state index contributed by atoms with van der Waals surface area (Å²) in [5.74, 6) is -0.595. The van der Waals surface area contributed by atoms with Gasteiger partial charge in [-0.2, -0.15) is 0 Å². The molecule has 0 bridgehead atoms. The Morgan fingerprint density at radius 2 is 1.62 bits per heavy atom. The molecule has 1 unspecified atom stereocenters. The number of hydrogen-bond donors (Lipinski definition) is 2. The molecule has 0 aromatic carbocycles. The second-order valence-electron chi connectivity index (χ2n) is 7.61. The minimum absolute atomic E-state index is 0.0380. The van der Waals surface area contributed by atoms with Crippen molar-refractivity contribution in [1.82, 2.24) is 10.3 Å². The molecule has 0 aliphatic heterocycles. The van der Waals surface area contributed by atoms with E-state index in [2.05, 4.69) is 15.6 Å². The smallest absolute Gasteiger partial charge is 0.331 e. The van der Waals surface area contributed by atoms with Crippen LogP contribution in [0.1, 0.15) is 41.5 Å². The quantitative estimate of drug-likeness (QED) is 0.569. The van der Waals surface area contributed by atoms with Gasteiger partial charge in [-0.3, -0.25) is 0 Å². The maximum absolute atomic E-state index is 12.4. The summed E-state index contributed by atoms with van der Waals surface area (Å²) in [4.78, 5) is 28.4. The highest BCUT2D eigenvalue weighted by Crippen LogP contribution is 2.18. The van der Waals surface area contributed by atoms with Gasteiger partial charge >= 0.3 is 12.0 Å². The highest BCUT2D eigenvalue weighted by Gasteiger charge is 2.28. The first-order valence-corrected chi connectivity index (χ1v) is 8.78. The predicted molar refractivity (Wildman–Crippen MR) is 102 cm³/mol. The van der Waals surface area contributed by atoms with Crippen LogP contribution >= 0.6 is 23.2 Å². The summed E-state index contributed by atoms with van der Waals surface area (Å²) in [6.07, 6.45) is 0. The summed E-state index contributed by atoms with van der Waals surface area (Å²) in [6.45, 7) is 10.7. The van der Waals surface area contributed by atoms with E-state index in [1.165, 1.54) is 12.1 Å². The molecule has 1 aromatic heterocycles. The lowest BCUT2D eigenvalue weighted by Gasteiger charge is -2.27. The van der Waals surface area contributed by atoms with Gasteiger partial charge in [0, 0.05) is 5.69 Å². The van der Waals surface area contributed by atoms with Crippen molar-refractivity contribution in [3.8, 4) is 0 Å². The maximum Gasteiger partial charge on any atom is 0.331 e. The van der Waals surface area contributed by atoms with Gasteiger partial charge in [0.05, 0.1) is 12.2 Å². The third-order valence-electron chi connectivity index (χ3n) is 2.70. The van der Waals surface area contributed by atoms with Crippen LogP contribution in [0.3, 0.4) is 0 Å². The van der Waals surface area contributed by atoms with Gasteiger partial charge in [0.1, 0.15) is 15.9 Å². The number of urea groups is 1. The van der Waals surface area contributed by atoms with Crippen LogP contribution in [-0.2, 0) is 14.3 Å². The predicted octanol–water partition coefficient (Wildman–Crippen LogP) is 4.04. The molecule has 9 heteroatoms. The average Bonchev–Trinajstić information content (AvgIpc) is 2.39. The Morgan fingerprint density at radius 1 is 1.08 bits per heavy atom. The normalized spacial score (nSPS) is 13.1. The monoisotopic (exact) mass is 405 g/mol. The number of carbonyl (C=O) groups is 2. The van der Waals surface area contributed by atoms with Crippen molar-refractivity contribution < 1.29 is 19.1 Å². The number of ether oxygens (including phenoxy) is 2. The van der Waals surface area contributed by atoms with Gasteiger partial charge < -0.3 is 20.1 Å². The Labute approximate surface area is 163 Å². The first kappa shape index (κ1) is 22.5. The number of rotatable bonds is 5. The minimum atomic E-state index is -0.985. The molecule has 1 heterocycles. The van der Waals surface area contributed by atoms with Crippen LogP contribution in [0.2, 0.25) is 10.3 Å². The molecule has 2 N–H and O–H groups in total. The fourth-order valence-electron chi connectivity index (χ4n) is 1.74. The van der Waals surface area contributed by atoms with Crippen molar-refractivity contribution in [2.24, 2.45) is 0 Å². The van der Waals surface area contributed by atoms with Gasteiger partial charge in [-0.25, -0.2) is 14.6 Å². The van der Waals surface area contributed by atoms with Crippen molar-refractivity contribution in [3.63, 3.8) is 0 Å². The van der Waals surface area contributed by atoms with Crippen LogP contribution in [0.15, 0.2) is 12.1 Å². The molecule has 1 atom stereocenters. The summed E-state index contributed by atoms with van der Waals surface area (Å²) in [5, 5.41) is 5.35. The van der Waals surface area contributed by atoms with Crippen molar-refractivity contribution in [2.75, 3.05) is 11.9 Å². The SMILES string of the molecule is CC(C)(C)OCC(NC(=O)Nc1cc(Cl)nc(Cl)c1)C(=O)OC(C)(C)C. The van der Waals surface area contributed by atoms with Crippen molar-refractivity contribution in [3.05, 3.63) is 22.4 Å². The number of anilines is 1. The lowest BCUT2D eigenvalue weighted by Crippen LogP contribution is -2.49. The molecule has 1 rings (SSSR count). The number of pyridine rings is 1. The van der Waals surface area contributed by atoms with Gasteiger partial charge in [-0.05, 0) is 53.7 Å². The molecule has 0 spiro atoms. The molecule has 0 saturated heterocycles.